The second-order valence-corrected chi connectivity index (χ2v) is 7.43. The maximum atomic E-state index is 12.4. The Bertz CT molecular complexity index is 789. The van der Waals surface area contributed by atoms with E-state index in [1.54, 1.807) is 48.5 Å². The van der Waals surface area contributed by atoms with Crippen molar-refractivity contribution in [2.75, 3.05) is 15.4 Å². The van der Waals surface area contributed by atoms with Crippen molar-refractivity contribution >= 4 is 43.2 Å². The Labute approximate surface area is 144 Å². The Morgan fingerprint density at radius 1 is 1.09 bits per heavy atom. The van der Waals surface area contributed by atoms with Crippen LogP contribution in [0, 0.1) is 0 Å². The van der Waals surface area contributed by atoms with E-state index in [0.29, 0.717) is 11.4 Å². The van der Waals surface area contributed by atoms with Crippen LogP contribution in [0.4, 0.5) is 11.4 Å². The molecule has 0 saturated heterocycles. The molecular formula is C16H17BrN2O3S. The van der Waals surface area contributed by atoms with Crippen molar-refractivity contribution in [3.8, 4) is 0 Å². The zero-order valence-corrected chi connectivity index (χ0v) is 14.9. The molecule has 0 bridgehead atoms. The summed E-state index contributed by atoms with van der Waals surface area (Å²) in [5.74, 6) is -0.215. The van der Waals surface area contributed by atoms with Crippen LogP contribution in [0.15, 0.2) is 53.4 Å². The molecule has 0 aliphatic heterocycles. The van der Waals surface area contributed by atoms with Gasteiger partial charge >= 0.3 is 0 Å². The Balaban J connectivity index is 2.19. The lowest BCUT2D eigenvalue weighted by atomic mass is 10.2. The molecule has 2 N–H and O–H groups in total. The highest BCUT2D eigenvalue weighted by Crippen LogP contribution is 2.20. The standard InChI is InChI=1S/C16H17BrN2O3S/c1-12(20)18-14-3-2-4-15(11-14)19-23(21,22)16-7-5-13(6-8-16)9-10-17/h2-8,11,19H,9-10H2,1H3,(H,18,20). The second-order valence-electron chi connectivity index (χ2n) is 4.95. The SMILES string of the molecule is CC(=O)Nc1cccc(NS(=O)(=O)c2ccc(CCBr)cc2)c1. The fourth-order valence-electron chi connectivity index (χ4n) is 2.02. The first-order valence-electron chi connectivity index (χ1n) is 6.96. The van der Waals surface area contributed by atoms with Gasteiger partial charge in [0.2, 0.25) is 5.91 Å². The molecule has 7 heteroatoms. The van der Waals surface area contributed by atoms with E-state index in [0.717, 1.165) is 17.3 Å². The van der Waals surface area contributed by atoms with Crippen LogP contribution >= 0.6 is 15.9 Å². The lowest BCUT2D eigenvalue weighted by Gasteiger charge is -2.10. The minimum Gasteiger partial charge on any atom is -0.326 e. The Morgan fingerprint density at radius 2 is 1.74 bits per heavy atom. The van der Waals surface area contributed by atoms with Crippen molar-refractivity contribution in [3.05, 3.63) is 54.1 Å². The van der Waals surface area contributed by atoms with Gasteiger partial charge in [0.15, 0.2) is 0 Å². The van der Waals surface area contributed by atoms with Crippen LogP contribution in [0.1, 0.15) is 12.5 Å². The normalized spacial score (nSPS) is 11.0. The van der Waals surface area contributed by atoms with E-state index in [4.69, 9.17) is 0 Å². The molecule has 5 nitrogen and oxygen atoms in total. The number of hydrogen-bond acceptors (Lipinski definition) is 3. The lowest BCUT2D eigenvalue weighted by Crippen LogP contribution is -2.13. The highest BCUT2D eigenvalue weighted by atomic mass is 79.9. The number of nitrogens with one attached hydrogen (secondary N) is 2. The molecule has 0 aliphatic carbocycles. The second kappa shape index (κ2) is 7.61. The van der Waals surface area contributed by atoms with Gasteiger partial charge in [-0.25, -0.2) is 8.42 Å². The number of benzene rings is 2. The first-order valence-corrected chi connectivity index (χ1v) is 9.56. The van der Waals surface area contributed by atoms with Gasteiger partial charge in [0, 0.05) is 17.9 Å². The number of hydrogen-bond donors (Lipinski definition) is 2. The highest BCUT2D eigenvalue weighted by Gasteiger charge is 2.14. The Morgan fingerprint density at radius 3 is 2.35 bits per heavy atom. The molecule has 0 radical (unpaired) electrons. The van der Waals surface area contributed by atoms with Gasteiger partial charge in [-0.15, -0.1) is 0 Å². The van der Waals surface area contributed by atoms with Crippen LogP contribution in [0.25, 0.3) is 0 Å². The van der Waals surface area contributed by atoms with E-state index in [-0.39, 0.29) is 10.8 Å². The van der Waals surface area contributed by atoms with E-state index in [1.165, 1.54) is 6.92 Å². The zero-order chi connectivity index (χ0) is 16.9. The lowest BCUT2D eigenvalue weighted by molar-refractivity contribution is -0.114. The highest BCUT2D eigenvalue weighted by molar-refractivity contribution is 9.09. The molecule has 2 aromatic carbocycles. The van der Waals surface area contributed by atoms with Gasteiger partial charge in [0.25, 0.3) is 10.0 Å². The van der Waals surface area contributed by atoms with Crippen molar-refractivity contribution in [3.63, 3.8) is 0 Å². The fourth-order valence-corrected chi connectivity index (χ4v) is 3.53. The summed E-state index contributed by atoms with van der Waals surface area (Å²) in [5, 5.41) is 3.44. The molecule has 0 spiro atoms. The van der Waals surface area contributed by atoms with Gasteiger partial charge in [-0.3, -0.25) is 9.52 Å². The van der Waals surface area contributed by atoms with Crippen molar-refractivity contribution in [1.82, 2.24) is 0 Å². The first-order chi connectivity index (χ1) is 10.9. The van der Waals surface area contributed by atoms with Gasteiger partial charge in [-0.2, -0.15) is 0 Å². The number of amides is 1. The molecule has 1 amide bonds. The summed E-state index contributed by atoms with van der Waals surface area (Å²) in [6, 6.07) is 13.3. The van der Waals surface area contributed by atoms with Crippen LogP contribution in [0.5, 0.6) is 0 Å². The molecule has 122 valence electrons. The van der Waals surface area contributed by atoms with Crippen molar-refractivity contribution in [1.29, 1.82) is 0 Å². The molecule has 0 aromatic heterocycles. The summed E-state index contributed by atoms with van der Waals surface area (Å²) in [6.45, 7) is 1.39. The van der Waals surface area contributed by atoms with Crippen LogP contribution in [0.3, 0.4) is 0 Å². The predicted octanol–water partition coefficient (Wildman–Crippen LogP) is 3.38. The number of sulfonamides is 1. The number of halogens is 1. The number of carbonyl (C=O) groups is 1. The van der Waals surface area contributed by atoms with Gasteiger partial charge in [0.1, 0.15) is 0 Å². The monoisotopic (exact) mass is 396 g/mol. The summed E-state index contributed by atoms with van der Waals surface area (Å²) in [4.78, 5) is 11.3. The maximum Gasteiger partial charge on any atom is 0.261 e. The topological polar surface area (TPSA) is 75.3 Å². The minimum atomic E-state index is -3.66. The maximum absolute atomic E-state index is 12.4. The van der Waals surface area contributed by atoms with Gasteiger partial charge in [-0.05, 0) is 42.3 Å². The van der Waals surface area contributed by atoms with E-state index in [9.17, 15) is 13.2 Å². The molecule has 0 heterocycles. The zero-order valence-electron chi connectivity index (χ0n) is 12.5. The van der Waals surface area contributed by atoms with Crippen molar-refractivity contribution in [2.45, 2.75) is 18.2 Å². The average molecular weight is 397 g/mol. The van der Waals surface area contributed by atoms with Gasteiger partial charge < -0.3 is 5.32 Å². The van der Waals surface area contributed by atoms with Crippen molar-refractivity contribution in [2.24, 2.45) is 0 Å². The van der Waals surface area contributed by atoms with Crippen LogP contribution < -0.4 is 10.0 Å². The molecule has 0 unspecified atom stereocenters. The average Bonchev–Trinajstić information content (AvgIpc) is 2.47. The molecule has 0 saturated carbocycles. The van der Waals surface area contributed by atoms with Gasteiger partial charge in [-0.1, -0.05) is 34.1 Å². The molecule has 0 fully saturated rings. The van der Waals surface area contributed by atoms with Crippen LogP contribution in [-0.2, 0) is 21.2 Å². The summed E-state index contributed by atoms with van der Waals surface area (Å²) in [6.07, 6.45) is 0.840. The third kappa shape index (κ3) is 5.07. The minimum absolute atomic E-state index is 0.195. The number of aryl methyl sites for hydroxylation is 1. The molecule has 23 heavy (non-hydrogen) atoms. The summed E-state index contributed by atoms with van der Waals surface area (Å²) in [5.41, 5.74) is 1.99. The quantitative estimate of drug-likeness (QED) is 0.734. The Kier molecular flexibility index (Phi) is 5.79. The van der Waals surface area contributed by atoms with E-state index in [2.05, 4.69) is 26.0 Å². The predicted molar refractivity (Wildman–Crippen MR) is 95.5 cm³/mol. The Hall–Kier alpha value is -1.86. The number of alkyl halides is 1. The molecule has 0 atom stereocenters. The number of rotatable bonds is 6. The summed E-state index contributed by atoms with van der Waals surface area (Å²) in [7, 11) is -3.66. The van der Waals surface area contributed by atoms with Crippen LogP contribution in [-0.4, -0.2) is 19.7 Å². The van der Waals surface area contributed by atoms with Crippen LogP contribution in [0.2, 0.25) is 0 Å². The summed E-state index contributed by atoms with van der Waals surface area (Å²) < 4.78 is 27.3. The first kappa shape index (κ1) is 17.5. The number of carbonyl (C=O) groups excluding carboxylic acids is 1. The summed E-state index contributed by atoms with van der Waals surface area (Å²) >= 11 is 3.35. The molecule has 2 aromatic rings. The fraction of sp³-hybridized carbons (Fsp3) is 0.188. The van der Waals surface area contributed by atoms with Gasteiger partial charge in [0.05, 0.1) is 10.6 Å². The van der Waals surface area contributed by atoms with E-state index >= 15 is 0 Å². The van der Waals surface area contributed by atoms with E-state index in [1.807, 2.05) is 0 Å². The largest absolute Gasteiger partial charge is 0.326 e. The number of anilines is 2. The smallest absolute Gasteiger partial charge is 0.261 e. The van der Waals surface area contributed by atoms with Crippen molar-refractivity contribution < 1.29 is 13.2 Å². The third-order valence-corrected chi connectivity index (χ3v) is 4.85. The molecule has 2 rings (SSSR count). The van der Waals surface area contributed by atoms with E-state index < -0.39 is 10.0 Å². The molecule has 0 aliphatic rings. The third-order valence-electron chi connectivity index (χ3n) is 3.05. The molecular weight excluding hydrogens is 380 g/mol.